The van der Waals surface area contributed by atoms with Crippen LogP contribution in [0.5, 0.6) is 0 Å². The number of carboxylic acids is 1. The van der Waals surface area contributed by atoms with Gasteiger partial charge in [-0.2, -0.15) is 5.26 Å². The van der Waals surface area contributed by atoms with Crippen LogP contribution in [-0.4, -0.2) is 29.1 Å². The van der Waals surface area contributed by atoms with Gasteiger partial charge in [0, 0.05) is 25.1 Å². The molecule has 0 bridgehead atoms. The lowest BCUT2D eigenvalue weighted by Crippen LogP contribution is -2.35. The number of aliphatic carboxylic acids is 1. The Bertz CT molecular complexity index is 554. The maximum absolute atomic E-state index is 14.1. The number of carbonyl (C=O) groups is 1. The lowest BCUT2D eigenvalue weighted by molar-refractivity contribution is -0.137. The van der Waals surface area contributed by atoms with Crippen molar-refractivity contribution in [2.24, 2.45) is 5.92 Å². The third kappa shape index (κ3) is 4.27. The quantitative estimate of drug-likeness (QED) is 0.905. The molecule has 4 nitrogen and oxygen atoms in total. The molecule has 1 fully saturated rings. The highest BCUT2D eigenvalue weighted by Gasteiger charge is 2.21. The van der Waals surface area contributed by atoms with E-state index < -0.39 is 11.8 Å². The normalized spacial score (nSPS) is 19.1. The number of likely N-dealkylation sites (tertiary alicyclic amines) is 1. The van der Waals surface area contributed by atoms with Gasteiger partial charge in [-0.15, -0.1) is 0 Å². The second-order valence-electron chi connectivity index (χ2n) is 5.57. The summed E-state index contributed by atoms with van der Waals surface area (Å²) in [7, 11) is 0. The summed E-state index contributed by atoms with van der Waals surface area (Å²) in [6, 6.07) is 6.74. The van der Waals surface area contributed by atoms with Crippen molar-refractivity contribution in [1.82, 2.24) is 4.90 Å². The molecule has 0 aliphatic carbocycles. The number of hydrogen-bond acceptors (Lipinski definition) is 3. The molecule has 1 saturated heterocycles. The maximum Gasteiger partial charge on any atom is 0.303 e. The van der Waals surface area contributed by atoms with Crippen molar-refractivity contribution >= 4 is 5.97 Å². The summed E-state index contributed by atoms with van der Waals surface area (Å²) in [4.78, 5) is 12.8. The highest BCUT2D eigenvalue weighted by molar-refractivity contribution is 5.66. The summed E-state index contributed by atoms with van der Waals surface area (Å²) < 4.78 is 14.1. The van der Waals surface area contributed by atoms with Gasteiger partial charge in [0.15, 0.2) is 0 Å². The summed E-state index contributed by atoms with van der Waals surface area (Å²) >= 11 is 0. The van der Waals surface area contributed by atoms with Crippen LogP contribution in [0.15, 0.2) is 18.2 Å². The van der Waals surface area contributed by atoms with Gasteiger partial charge in [0.25, 0.3) is 0 Å². The molecule has 0 amide bonds. The van der Waals surface area contributed by atoms with Gasteiger partial charge >= 0.3 is 5.97 Å². The van der Waals surface area contributed by atoms with Crippen molar-refractivity contribution in [1.29, 1.82) is 5.26 Å². The SMILES string of the molecule is N#Cc1cccc(CN2CCCC(CCC(=O)O)C2)c1F. The first-order valence-corrected chi connectivity index (χ1v) is 7.21. The molecular weight excluding hydrogens is 271 g/mol. The fourth-order valence-electron chi connectivity index (χ4n) is 2.89. The molecule has 1 atom stereocenters. The standard InChI is InChI=1S/C16H19FN2O2/c17-16-13(9-18)4-1-5-14(16)11-19-8-2-3-12(10-19)6-7-15(20)21/h1,4-5,12H,2-3,6-8,10-11H2,(H,20,21). The minimum atomic E-state index is -0.764. The average Bonchev–Trinajstić information content (AvgIpc) is 2.48. The Labute approximate surface area is 123 Å². The van der Waals surface area contributed by atoms with Crippen LogP contribution in [0.25, 0.3) is 0 Å². The van der Waals surface area contributed by atoms with Gasteiger partial charge < -0.3 is 5.11 Å². The molecule has 112 valence electrons. The number of nitrogens with zero attached hydrogens (tertiary/aromatic N) is 2. The molecule has 0 saturated carbocycles. The highest BCUT2D eigenvalue weighted by atomic mass is 19.1. The molecule has 21 heavy (non-hydrogen) atoms. The van der Waals surface area contributed by atoms with Crippen LogP contribution in [-0.2, 0) is 11.3 Å². The van der Waals surface area contributed by atoms with E-state index in [-0.39, 0.29) is 12.0 Å². The first kappa shape index (κ1) is 15.5. The van der Waals surface area contributed by atoms with Gasteiger partial charge in [-0.1, -0.05) is 12.1 Å². The fraction of sp³-hybridized carbons (Fsp3) is 0.500. The van der Waals surface area contributed by atoms with Crippen molar-refractivity contribution in [2.75, 3.05) is 13.1 Å². The summed E-state index contributed by atoms with van der Waals surface area (Å²) in [5.74, 6) is -0.843. The van der Waals surface area contributed by atoms with Gasteiger partial charge in [0.05, 0.1) is 5.56 Å². The first-order chi connectivity index (χ1) is 10.1. The van der Waals surface area contributed by atoms with E-state index in [1.807, 2.05) is 6.07 Å². The Balaban J connectivity index is 1.97. The van der Waals surface area contributed by atoms with Gasteiger partial charge in [-0.3, -0.25) is 9.69 Å². The molecular formula is C16H19FN2O2. The number of nitriles is 1. The molecule has 0 radical (unpaired) electrons. The van der Waals surface area contributed by atoms with Crippen molar-refractivity contribution in [2.45, 2.75) is 32.2 Å². The van der Waals surface area contributed by atoms with E-state index in [0.717, 1.165) is 25.9 Å². The van der Waals surface area contributed by atoms with Crippen LogP contribution in [0.2, 0.25) is 0 Å². The smallest absolute Gasteiger partial charge is 0.303 e. The second kappa shape index (κ2) is 7.19. The number of piperidine rings is 1. The second-order valence-corrected chi connectivity index (χ2v) is 5.57. The predicted octanol–water partition coefficient (Wildman–Crippen LogP) is 2.77. The predicted molar refractivity (Wildman–Crippen MR) is 76.0 cm³/mol. The van der Waals surface area contributed by atoms with Crippen LogP contribution in [0.1, 0.15) is 36.8 Å². The van der Waals surface area contributed by atoms with Crippen LogP contribution < -0.4 is 0 Å². The molecule has 1 aliphatic heterocycles. The summed E-state index contributed by atoms with van der Waals surface area (Å²) in [6.07, 6.45) is 2.90. The van der Waals surface area contributed by atoms with E-state index >= 15 is 0 Å². The summed E-state index contributed by atoms with van der Waals surface area (Å²) in [6.45, 7) is 2.16. The Morgan fingerprint density at radius 3 is 3.05 bits per heavy atom. The van der Waals surface area contributed by atoms with Crippen molar-refractivity contribution in [3.8, 4) is 6.07 Å². The minimum Gasteiger partial charge on any atom is -0.481 e. The van der Waals surface area contributed by atoms with E-state index in [4.69, 9.17) is 10.4 Å². The van der Waals surface area contributed by atoms with Crippen molar-refractivity contribution < 1.29 is 14.3 Å². The van der Waals surface area contributed by atoms with Gasteiger partial charge in [0.2, 0.25) is 0 Å². The Hall–Kier alpha value is -1.93. The molecule has 5 heteroatoms. The van der Waals surface area contributed by atoms with Crippen molar-refractivity contribution in [3.05, 3.63) is 35.1 Å². The minimum absolute atomic E-state index is 0.0759. The zero-order chi connectivity index (χ0) is 15.2. The molecule has 1 aromatic rings. The number of rotatable bonds is 5. The molecule has 1 aromatic carbocycles. The van der Waals surface area contributed by atoms with Gasteiger partial charge in [0.1, 0.15) is 11.9 Å². The number of hydrogen-bond donors (Lipinski definition) is 1. The Morgan fingerprint density at radius 1 is 1.52 bits per heavy atom. The van der Waals surface area contributed by atoms with E-state index in [1.54, 1.807) is 12.1 Å². The summed E-state index contributed by atoms with van der Waals surface area (Å²) in [5.41, 5.74) is 0.611. The highest BCUT2D eigenvalue weighted by Crippen LogP contribution is 2.23. The number of benzene rings is 1. The number of halogens is 1. The summed E-state index contributed by atoms with van der Waals surface area (Å²) in [5, 5.41) is 17.6. The molecule has 0 aromatic heterocycles. The van der Waals surface area contributed by atoms with Gasteiger partial charge in [-0.05, 0) is 37.8 Å². The molecule has 0 spiro atoms. The topological polar surface area (TPSA) is 64.3 Å². The van der Waals surface area contributed by atoms with E-state index in [9.17, 15) is 9.18 Å². The van der Waals surface area contributed by atoms with Crippen LogP contribution in [0.4, 0.5) is 4.39 Å². The van der Waals surface area contributed by atoms with Crippen molar-refractivity contribution in [3.63, 3.8) is 0 Å². The third-order valence-electron chi connectivity index (χ3n) is 3.96. The lowest BCUT2D eigenvalue weighted by atomic mass is 9.93. The third-order valence-corrected chi connectivity index (χ3v) is 3.96. The molecule has 1 heterocycles. The maximum atomic E-state index is 14.1. The molecule has 1 unspecified atom stereocenters. The van der Waals surface area contributed by atoms with E-state index in [0.29, 0.717) is 24.4 Å². The lowest BCUT2D eigenvalue weighted by Gasteiger charge is -2.32. The first-order valence-electron chi connectivity index (χ1n) is 7.21. The zero-order valence-corrected chi connectivity index (χ0v) is 11.9. The van der Waals surface area contributed by atoms with Crippen LogP contribution >= 0.6 is 0 Å². The van der Waals surface area contributed by atoms with E-state index in [1.165, 1.54) is 6.07 Å². The molecule has 1 N–H and O–H groups in total. The van der Waals surface area contributed by atoms with Crippen LogP contribution in [0, 0.1) is 23.1 Å². The average molecular weight is 290 g/mol. The molecule has 1 aliphatic rings. The van der Waals surface area contributed by atoms with Gasteiger partial charge in [-0.25, -0.2) is 4.39 Å². The fourth-order valence-corrected chi connectivity index (χ4v) is 2.89. The monoisotopic (exact) mass is 290 g/mol. The largest absolute Gasteiger partial charge is 0.481 e. The number of carboxylic acid groups (broad SMARTS) is 1. The Kier molecular flexibility index (Phi) is 5.29. The van der Waals surface area contributed by atoms with Crippen LogP contribution in [0.3, 0.4) is 0 Å². The molecule has 2 rings (SSSR count). The van der Waals surface area contributed by atoms with E-state index in [2.05, 4.69) is 4.90 Å². The zero-order valence-electron chi connectivity index (χ0n) is 11.9. The Morgan fingerprint density at radius 2 is 2.33 bits per heavy atom.